The lowest BCUT2D eigenvalue weighted by molar-refractivity contribution is 0.102. The summed E-state index contributed by atoms with van der Waals surface area (Å²) in [5.74, 6) is -1.59. The van der Waals surface area contributed by atoms with Gasteiger partial charge in [0.15, 0.2) is 5.82 Å². The summed E-state index contributed by atoms with van der Waals surface area (Å²) in [6.45, 7) is 0. The fourth-order valence-corrected chi connectivity index (χ4v) is 2.57. The number of hydrogen-bond acceptors (Lipinski definition) is 4. The molecule has 1 amide bonds. The molecule has 0 spiro atoms. The molecule has 3 aromatic rings. The standard InChI is InChI=1S/C17H13F2N5O/c18-12-6-11(7-13(19)9-12)17(25)20-14-3-1-2-10(8-14)16-21-22-23-24(16)15-4-5-15/h1-3,6-9,15H,4-5H2,(H,20,25). The third-order valence-corrected chi connectivity index (χ3v) is 3.89. The molecule has 1 N–H and O–H groups in total. The molecular weight excluding hydrogens is 328 g/mol. The van der Waals surface area contributed by atoms with E-state index in [1.807, 2.05) is 6.07 Å². The minimum absolute atomic E-state index is 0.0919. The van der Waals surface area contributed by atoms with Gasteiger partial charge in [-0.25, -0.2) is 13.5 Å². The van der Waals surface area contributed by atoms with Crippen molar-refractivity contribution in [3.8, 4) is 11.4 Å². The summed E-state index contributed by atoms with van der Waals surface area (Å²) in [6, 6.07) is 9.99. The van der Waals surface area contributed by atoms with E-state index in [-0.39, 0.29) is 5.56 Å². The summed E-state index contributed by atoms with van der Waals surface area (Å²) in [5, 5.41) is 14.4. The summed E-state index contributed by atoms with van der Waals surface area (Å²) in [5.41, 5.74) is 1.14. The second kappa shape index (κ2) is 6.04. The molecule has 0 unspecified atom stereocenters. The zero-order valence-electron chi connectivity index (χ0n) is 13.0. The lowest BCUT2D eigenvalue weighted by atomic mass is 10.1. The molecule has 1 saturated carbocycles. The quantitative estimate of drug-likeness (QED) is 0.791. The highest BCUT2D eigenvalue weighted by Crippen LogP contribution is 2.36. The summed E-state index contributed by atoms with van der Waals surface area (Å²) in [7, 11) is 0. The van der Waals surface area contributed by atoms with Gasteiger partial charge in [-0.2, -0.15) is 0 Å². The van der Waals surface area contributed by atoms with E-state index >= 15 is 0 Å². The Kier molecular flexibility index (Phi) is 3.72. The first-order chi connectivity index (χ1) is 12.1. The Hall–Kier alpha value is -3.16. The Morgan fingerprint density at radius 1 is 1.12 bits per heavy atom. The average molecular weight is 341 g/mol. The van der Waals surface area contributed by atoms with Crippen molar-refractivity contribution in [2.24, 2.45) is 0 Å². The van der Waals surface area contributed by atoms with Gasteiger partial charge in [-0.15, -0.1) is 5.10 Å². The molecule has 1 aromatic heterocycles. The number of halogens is 2. The van der Waals surface area contributed by atoms with Crippen LogP contribution in [0.3, 0.4) is 0 Å². The van der Waals surface area contributed by atoms with Gasteiger partial charge >= 0.3 is 0 Å². The predicted molar refractivity (Wildman–Crippen MR) is 85.8 cm³/mol. The van der Waals surface area contributed by atoms with Crippen molar-refractivity contribution in [3.05, 3.63) is 59.7 Å². The third-order valence-electron chi connectivity index (χ3n) is 3.89. The molecule has 1 aliphatic rings. The molecule has 8 heteroatoms. The highest BCUT2D eigenvalue weighted by Gasteiger charge is 2.28. The SMILES string of the molecule is O=C(Nc1cccc(-c2nnnn2C2CC2)c1)c1cc(F)cc(F)c1. The highest BCUT2D eigenvalue weighted by atomic mass is 19.1. The van der Waals surface area contributed by atoms with Gasteiger partial charge in [0.05, 0.1) is 6.04 Å². The van der Waals surface area contributed by atoms with Crippen LogP contribution in [-0.4, -0.2) is 26.1 Å². The van der Waals surface area contributed by atoms with Gasteiger partial charge in [-0.1, -0.05) is 12.1 Å². The van der Waals surface area contributed by atoms with E-state index < -0.39 is 17.5 Å². The van der Waals surface area contributed by atoms with Crippen molar-refractivity contribution >= 4 is 11.6 Å². The van der Waals surface area contributed by atoms with Crippen LogP contribution in [0.5, 0.6) is 0 Å². The Labute approximate surface area is 141 Å². The van der Waals surface area contributed by atoms with Gasteiger partial charge in [0.1, 0.15) is 11.6 Å². The largest absolute Gasteiger partial charge is 0.322 e. The van der Waals surface area contributed by atoms with Crippen molar-refractivity contribution in [2.45, 2.75) is 18.9 Å². The van der Waals surface area contributed by atoms with Gasteiger partial charge in [0.2, 0.25) is 0 Å². The van der Waals surface area contributed by atoms with Crippen molar-refractivity contribution < 1.29 is 13.6 Å². The Balaban J connectivity index is 1.59. The number of carbonyl (C=O) groups excluding carboxylic acids is 1. The van der Waals surface area contributed by atoms with Crippen LogP contribution in [-0.2, 0) is 0 Å². The molecule has 1 aliphatic carbocycles. The first kappa shape index (κ1) is 15.4. The first-order valence-corrected chi connectivity index (χ1v) is 7.76. The van der Waals surface area contributed by atoms with E-state index in [0.717, 1.165) is 36.6 Å². The zero-order chi connectivity index (χ0) is 17.4. The predicted octanol–water partition coefficient (Wildman–Crippen LogP) is 3.21. The molecule has 0 saturated heterocycles. The van der Waals surface area contributed by atoms with Crippen LogP contribution in [0.4, 0.5) is 14.5 Å². The molecule has 6 nitrogen and oxygen atoms in total. The van der Waals surface area contributed by atoms with Gasteiger partial charge in [0.25, 0.3) is 5.91 Å². The number of rotatable bonds is 4. The van der Waals surface area contributed by atoms with Crippen molar-refractivity contribution in [2.75, 3.05) is 5.32 Å². The van der Waals surface area contributed by atoms with Crippen LogP contribution < -0.4 is 5.32 Å². The van der Waals surface area contributed by atoms with Crippen LogP contribution >= 0.6 is 0 Å². The molecule has 25 heavy (non-hydrogen) atoms. The van der Waals surface area contributed by atoms with Gasteiger partial charge in [-0.3, -0.25) is 4.79 Å². The number of aromatic nitrogens is 4. The number of anilines is 1. The monoisotopic (exact) mass is 341 g/mol. The van der Waals surface area contributed by atoms with Crippen LogP contribution in [0.15, 0.2) is 42.5 Å². The highest BCUT2D eigenvalue weighted by molar-refractivity contribution is 6.04. The number of tetrazole rings is 1. The lowest BCUT2D eigenvalue weighted by Gasteiger charge is -2.08. The summed E-state index contributed by atoms with van der Waals surface area (Å²) >= 11 is 0. The first-order valence-electron chi connectivity index (χ1n) is 7.76. The second-order valence-corrected chi connectivity index (χ2v) is 5.87. The van der Waals surface area contributed by atoms with E-state index in [0.29, 0.717) is 17.6 Å². The molecule has 0 atom stereocenters. The van der Waals surface area contributed by atoms with Crippen LogP contribution in [0, 0.1) is 11.6 Å². The minimum atomic E-state index is -0.803. The number of benzene rings is 2. The van der Waals surface area contributed by atoms with Gasteiger partial charge in [-0.05, 0) is 47.5 Å². The number of nitrogens with one attached hydrogen (secondary N) is 1. The van der Waals surface area contributed by atoms with E-state index in [1.54, 1.807) is 22.9 Å². The van der Waals surface area contributed by atoms with Gasteiger partial charge < -0.3 is 5.32 Å². The normalized spacial score (nSPS) is 13.7. The average Bonchev–Trinajstić information content (AvgIpc) is 3.31. The van der Waals surface area contributed by atoms with E-state index in [4.69, 9.17) is 0 Å². The smallest absolute Gasteiger partial charge is 0.255 e. The fraction of sp³-hybridized carbons (Fsp3) is 0.176. The Bertz CT molecular complexity index is 931. The molecule has 126 valence electrons. The minimum Gasteiger partial charge on any atom is -0.322 e. The van der Waals surface area contributed by atoms with E-state index in [9.17, 15) is 13.6 Å². The van der Waals surface area contributed by atoms with E-state index in [2.05, 4.69) is 20.8 Å². The van der Waals surface area contributed by atoms with Crippen molar-refractivity contribution in [3.63, 3.8) is 0 Å². The molecule has 4 rings (SSSR count). The van der Waals surface area contributed by atoms with Crippen LogP contribution in [0.25, 0.3) is 11.4 Å². The zero-order valence-corrected chi connectivity index (χ0v) is 13.0. The number of carbonyl (C=O) groups is 1. The Morgan fingerprint density at radius 3 is 2.60 bits per heavy atom. The fourth-order valence-electron chi connectivity index (χ4n) is 2.57. The molecule has 1 fully saturated rings. The van der Waals surface area contributed by atoms with Crippen LogP contribution in [0.2, 0.25) is 0 Å². The van der Waals surface area contributed by atoms with Crippen molar-refractivity contribution in [1.29, 1.82) is 0 Å². The maximum atomic E-state index is 13.3. The molecule has 1 heterocycles. The maximum absolute atomic E-state index is 13.3. The topological polar surface area (TPSA) is 72.7 Å². The van der Waals surface area contributed by atoms with Gasteiger partial charge in [0, 0.05) is 22.9 Å². The maximum Gasteiger partial charge on any atom is 0.255 e. The molecule has 0 bridgehead atoms. The summed E-state index contributed by atoms with van der Waals surface area (Å²) in [4.78, 5) is 12.2. The van der Waals surface area contributed by atoms with Crippen molar-refractivity contribution in [1.82, 2.24) is 20.2 Å². The van der Waals surface area contributed by atoms with E-state index in [1.165, 1.54) is 0 Å². The molecular formula is C17H13F2N5O. The second-order valence-electron chi connectivity index (χ2n) is 5.87. The molecule has 0 radical (unpaired) electrons. The van der Waals surface area contributed by atoms with Crippen LogP contribution in [0.1, 0.15) is 29.2 Å². The number of hydrogen-bond donors (Lipinski definition) is 1. The Morgan fingerprint density at radius 2 is 1.88 bits per heavy atom. The summed E-state index contributed by atoms with van der Waals surface area (Å²) in [6.07, 6.45) is 2.08. The number of nitrogens with zero attached hydrogens (tertiary/aromatic N) is 4. The lowest BCUT2D eigenvalue weighted by Crippen LogP contribution is -2.12. The molecule has 2 aromatic carbocycles. The number of amides is 1. The molecule has 0 aliphatic heterocycles. The summed E-state index contributed by atoms with van der Waals surface area (Å²) < 4.78 is 28.3. The third kappa shape index (κ3) is 3.23.